The highest BCUT2D eigenvalue weighted by molar-refractivity contribution is 4.91. The van der Waals surface area contributed by atoms with Crippen LogP contribution in [0.15, 0.2) is 0 Å². The quantitative estimate of drug-likeness (QED) is 0.744. The Hall–Kier alpha value is -0.120. The summed E-state index contributed by atoms with van der Waals surface area (Å²) in [7, 11) is 0. The first-order valence-electron chi connectivity index (χ1n) is 8.17. The summed E-state index contributed by atoms with van der Waals surface area (Å²) in [6.07, 6.45) is 7.26. The summed E-state index contributed by atoms with van der Waals surface area (Å²) in [6.45, 7) is 10.9. The number of nitrogens with zero attached hydrogens (tertiary/aromatic N) is 1. The zero-order valence-corrected chi connectivity index (χ0v) is 13.0. The van der Waals surface area contributed by atoms with E-state index in [-0.39, 0.29) is 0 Å². The number of piperidine rings is 1. The first kappa shape index (κ1) is 15.3. The second-order valence-electron chi connectivity index (χ2n) is 7.17. The van der Waals surface area contributed by atoms with Gasteiger partial charge in [0, 0.05) is 25.7 Å². The van der Waals surface area contributed by atoms with E-state index in [2.05, 4.69) is 24.1 Å². The van der Waals surface area contributed by atoms with Gasteiger partial charge in [-0.1, -0.05) is 13.8 Å². The van der Waals surface area contributed by atoms with Crippen LogP contribution in [0.4, 0.5) is 0 Å². The van der Waals surface area contributed by atoms with Gasteiger partial charge in [-0.3, -0.25) is 4.90 Å². The van der Waals surface area contributed by atoms with Gasteiger partial charge >= 0.3 is 0 Å². The molecule has 0 aromatic rings. The monoisotopic (exact) mass is 268 g/mol. The first-order valence-corrected chi connectivity index (χ1v) is 8.17. The minimum absolute atomic E-state index is 0.385. The largest absolute Gasteiger partial charge is 0.389 e. The van der Waals surface area contributed by atoms with Crippen LogP contribution in [0.25, 0.3) is 0 Å². The van der Waals surface area contributed by atoms with Crippen LogP contribution in [0.2, 0.25) is 0 Å². The number of β-amino-alcohol motifs (C(OH)–C–C–N with tert-alkyl or cyclic N) is 1. The second kappa shape index (κ2) is 6.11. The number of nitrogens with one attached hydrogen (secondary N) is 1. The molecule has 0 aromatic heterocycles. The van der Waals surface area contributed by atoms with Gasteiger partial charge in [0.05, 0.1) is 5.60 Å². The molecule has 0 amide bonds. The predicted molar refractivity (Wildman–Crippen MR) is 80.3 cm³/mol. The van der Waals surface area contributed by atoms with Gasteiger partial charge in [0.25, 0.3) is 0 Å². The standard InChI is InChI=1S/C16H32N2O/c1-4-16(5-2,11-17-14-7-8-14)13-18-10-6-9-15(3,19)12-18/h14,17,19H,4-13H2,1-3H3. The molecule has 3 heteroatoms. The van der Waals surface area contributed by atoms with Crippen LogP contribution in [0.3, 0.4) is 0 Å². The third-order valence-corrected chi connectivity index (χ3v) is 5.16. The lowest BCUT2D eigenvalue weighted by molar-refractivity contribution is -0.0296. The van der Waals surface area contributed by atoms with Crippen LogP contribution in [-0.4, -0.2) is 47.8 Å². The molecule has 0 bridgehead atoms. The van der Waals surface area contributed by atoms with E-state index in [9.17, 15) is 5.11 Å². The van der Waals surface area contributed by atoms with Crippen molar-refractivity contribution in [3.05, 3.63) is 0 Å². The SMILES string of the molecule is CCC(CC)(CNC1CC1)CN1CCCC(C)(O)C1. The Bertz CT molecular complexity index is 282. The smallest absolute Gasteiger partial charge is 0.0746 e. The molecule has 2 aliphatic rings. The number of hydrogen-bond acceptors (Lipinski definition) is 3. The van der Waals surface area contributed by atoms with Crippen LogP contribution in [0, 0.1) is 5.41 Å². The van der Waals surface area contributed by atoms with Crippen LogP contribution in [0.5, 0.6) is 0 Å². The Morgan fingerprint density at radius 1 is 1.32 bits per heavy atom. The van der Waals surface area contributed by atoms with Gasteiger partial charge in [-0.05, 0) is 57.4 Å². The van der Waals surface area contributed by atoms with E-state index in [1.54, 1.807) is 0 Å². The Morgan fingerprint density at radius 2 is 2.00 bits per heavy atom. The lowest BCUT2D eigenvalue weighted by Gasteiger charge is -2.43. The van der Waals surface area contributed by atoms with Crippen molar-refractivity contribution in [1.82, 2.24) is 10.2 Å². The molecule has 1 aliphatic heterocycles. The molecule has 3 nitrogen and oxygen atoms in total. The molecule has 2 N–H and O–H groups in total. The minimum Gasteiger partial charge on any atom is -0.389 e. The van der Waals surface area contributed by atoms with Crippen molar-refractivity contribution in [2.24, 2.45) is 5.41 Å². The molecular weight excluding hydrogens is 236 g/mol. The molecule has 1 saturated carbocycles. The van der Waals surface area contributed by atoms with Gasteiger partial charge in [0.15, 0.2) is 0 Å². The first-order chi connectivity index (χ1) is 8.99. The summed E-state index contributed by atoms with van der Waals surface area (Å²) >= 11 is 0. The molecule has 1 unspecified atom stereocenters. The van der Waals surface area contributed by atoms with E-state index < -0.39 is 5.60 Å². The Balaban J connectivity index is 1.90. The summed E-state index contributed by atoms with van der Waals surface area (Å²) in [5.41, 5.74) is -0.0919. The van der Waals surface area contributed by atoms with Gasteiger partial charge in [-0.2, -0.15) is 0 Å². The third-order valence-electron chi connectivity index (χ3n) is 5.16. The highest BCUT2D eigenvalue weighted by Crippen LogP contribution is 2.31. The van der Waals surface area contributed by atoms with Crippen molar-refractivity contribution in [1.29, 1.82) is 0 Å². The van der Waals surface area contributed by atoms with E-state index in [1.807, 2.05) is 6.92 Å². The van der Waals surface area contributed by atoms with Crippen molar-refractivity contribution < 1.29 is 5.11 Å². The highest BCUT2D eigenvalue weighted by atomic mass is 16.3. The van der Waals surface area contributed by atoms with Crippen LogP contribution in [0.1, 0.15) is 59.3 Å². The molecule has 112 valence electrons. The molecule has 19 heavy (non-hydrogen) atoms. The van der Waals surface area contributed by atoms with Crippen LogP contribution < -0.4 is 5.32 Å². The summed E-state index contributed by atoms with van der Waals surface area (Å²) in [5, 5.41) is 14.0. The van der Waals surface area contributed by atoms with Gasteiger partial charge < -0.3 is 10.4 Å². The van der Waals surface area contributed by atoms with Gasteiger partial charge in [-0.15, -0.1) is 0 Å². The normalized spacial score (nSPS) is 29.7. The number of likely N-dealkylation sites (tertiary alicyclic amines) is 1. The van der Waals surface area contributed by atoms with E-state index in [1.165, 1.54) is 25.7 Å². The lowest BCUT2D eigenvalue weighted by atomic mass is 9.80. The molecule has 2 rings (SSSR count). The van der Waals surface area contributed by atoms with Crippen molar-refractivity contribution >= 4 is 0 Å². The Labute approximate surface area is 118 Å². The van der Waals surface area contributed by atoms with E-state index in [4.69, 9.17) is 0 Å². The molecule has 1 heterocycles. The lowest BCUT2D eigenvalue weighted by Crippen LogP contribution is -2.51. The molecule has 0 aromatic carbocycles. The van der Waals surface area contributed by atoms with Crippen LogP contribution >= 0.6 is 0 Å². The highest BCUT2D eigenvalue weighted by Gasteiger charge is 2.35. The molecule has 0 radical (unpaired) electrons. The predicted octanol–water partition coefficient (Wildman–Crippen LogP) is 2.39. The minimum atomic E-state index is -0.477. The maximum absolute atomic E-state index is 10.3. The number of aliphatic hydroxyl groups is 1. The Kier molecular flexibility index (Phi) is 4.91. The molecule has 1 atom stereocenters. The topological polar surface area (TPSA) is 35.5 Å². The van der Waals surface area contributed by atoms with Crippen LogP contribution in [-0.2, 0) is 0 Å². The fourth-order valence-electron chi connectivity index (χ4n) is 3.36. The summed E-state index contributed by atoms with van der Waals surface area (Å²) in [6, 6.07) is 0.793. The molecule has 1 saturated heterocycles. The van der Waals surface area contributed by atoms with Crippen molar-refractivity contribution in [3.63, 3.8) is 0 Å². The molecule has 1 aliphatic carbocycles. The second-order valence-corrected chi connectivity index (χ2v) is 7.17. The summed E-state index contributed by atoms with van der Waals surface area (Å²) in [4.78, 5) is 2.49. The van der Waals surface area contributed by atoms with Crippen molar-refractivity contribution in [2.75, 3.05) is 26.2 Å². The van der Waals surface area contributed by atoms with Gasteiger partial charge in [-0.25, -0.2) is 0 Å². The zero-order valence-electron chi connectivity index (χ0n) is 13.0. The van der Waals surface area contributed by atoms with E-state index in [0.717, 1.165) is 45.1 Å². The summed E-state index contributed by atoms with van der Waals surface area (Å²) in [5.74, 6) is 0. The fourth-order valence-corrected chi connectivity index (χ4v) is 3.36. The molecule has 0 spiro atoms. The van der Waals surface area contributed by atoms with Crippen molar-refractivity contribution in [3.8, 4) is 0 Å². The number of rotatable bonds is 7. The third kappa shape index (κ3) is 4.44. The molecule has 2 fully saturated rings. The maximum atomic E-state index is 10.3. The van der Waals surface area contributed by atoms with Gasteiger partial charge in [0.2, 0.25) is 0 Å². The van der Waals surface area contributed by atoms with E-state index >= 15 is 0 Å². The summed E-state index contributed by atoms with van der Waals surface area (Å²) < 4.78 is 0. The number of hydrogen-bond donors (Lipinski definition) is 2. The van der Waals surface area contributed by atoms with Crippen molar-refractivity contribution in [2.45, 2.75) is 70.9 Å². The zero-order chi connectivity index (χ0) is 13.9. The fraction of sp³-hybridized carbons (Fsp3) is 1.00. The van der Waals surface area contributed by atoms with Gasteiger partial charge in [0.1, 0.15) is 0 Å². The average Bonchev–Trinajstić information content (AvgIpc) is 3.17. The maximum Gasteiger partial charge on any atom is 0.0746 e. The molecular formula is C16H32N2O. The Morgan fingerprint density at radius 3 is 2.53 bits per heavy atom. The van der Waals surface area contributed by atoms with E-state index in [0.29, 0.717) is 5.41 Å². The average molecular weight is 268 g/mol.